The zero-order chi connectivity index (χ0) is 17.8. The molecule has 0 bridgehead atoms. The summed E-state index contributed by atoms with van der Waals surface area (Å²) >= 11 is 3.23. The molecule has 25 heavy (non-hydrogen) atoms. The maximum atomic E-state index is 12.5. The van der Waals surface area contributed by atoms with Crippen LogP contribution in [0.1, 0.15) is 32.2 Å². The number of aromatic nitrogens is 1. The summed E-state index contributed by atoms with van der Waals surface area (Å²) in [6, 6.07) is 7.86. The van der Waals surface area contributed by atoms with Gasteiger partial charge in [0.1, 0.15) is 0 Å². The van der Waals surface area contributed by atoms with Crippen LogP contribution in [0, 0.1) is 13.8 Å². The minimum atomic E-state index is -0.376. The van der Waals surface area contributed by atoms with Gasteiger partial charge in [-0.2, -0.15) is 11.3 Å². The van der Waals surface area contributed by atoms with Gasteiger partial charge in [-0.3, -0.25) is 9.59 Å². The first-order valence-corrected chi connectivity index (χ1v) is 9.76. The van der Waals surface area contributed by atoms with Crippen LogP contribution in [0.2, 0.25) is 0 Å². The summed E-state index contributed by atoms with van der Waals surface area (Å²) < 4.78 is 7.27. The van der Waals surface area contributed by atoms with E-state index in [4.69, 9.17) is 4.74 Å². The molecule has 4 nitrogen and oxygen atoms in total. The highest BCUT2D eigenvalue weighted by Gasteiger charge is 2.18. The van der Waals surface area contributed by atoms with Crippen molar-refractivity contribution in [2.24, 2.45) is 0 Å². The van der Waals surface area contributed by atoms with Crippen LogP contribution in [0.4, 0.5) is 0 Å². The van der Waals surface area contributed by atoms with Crippen molar-refractivity contribution in [2.45, 2.75) is 26.8 Å². The van der Waals surface area contributed by atoms with Crippen LogP contribution in [0.5, 0.6) is 0 Å². The number of ketones is 1. The maximum Gasteiger partial charge on any atom is 0.310 e. The molecule has 0 aliphatic carbocycles. The van der Waals surface area contributed by atoms with Crippen molar-refractivity contribution in [1.29, 1.82) is 0 Å². The van der Waals surface area contributed by atoms with Gasteiger partial charge in [0.2, 0.25) is 5.78 Å². The molecule has 0 aliphatic rings. The Hall–Kier alpha value is -2.18. The highest BCUT2D eigenvalue weighted by Crippen LogP contribution is 2.20. The SMILES string of the molecule is Cc1cc(C(=O)COC(=O)Cc2ccsc2)c(C)n1Cc1cccs1. The molecule has 0 radical (unpaired) electrons. The Labute approximate surface area is 154 Å². The average molecular weight is 373 g/mol. The fourth-order valence-electron chi connectivity index (χ4n) is 2.72. The van der Waals surface area contributed by atoms with Crippen LogP contribution < -0.4 is 0 Å². The number of hydrogen-bond donors (Lipinski definition) is 0. The van der Waals surface area contributed by atoms with E-state index in [-0.39, 0.29) is 24.8 Å². The molecule has 0 unspecified atom stereocenters. The lowest BCUT2D eigenvalue weighted by atomic mass is 10.1. The van der Waals surface area contributed by atoms with Crippen LogP contribution in [-0.4, -0.2) is 22.9 Å². The van der Waals surface area contributed by atoms with E-state index in [1.807, 2.05) is 48.2 Å². The van der Waals surface area contributed by atoms with Gasteiger partial charge in [-0.25, -0.2) is 0 Å². The highest BCUT2D eigenvalue weighted by molar-refractivity contribution is 7.09. The third-order valence-electron chi connectivity index (χ3n) is 4.06. The second kappa shape index (κ2) is 7.80. The number of hydrogen-bond acceptors (Lipinski definition) is 5. The minimum Gasteiger partial charge on any atom is -0.457 e. The Morgan fingerprint density at radius 1 is 1.20 bits per heavy atom. The third kappa shape index (κ3) is 4.27. The molecule has 6 heteroatoms. The van der Waals surface area contributed by atoms with Crippen molar-refractivity contribution in [3.63, 3.8) is 0 Å². The van der Waals surface area contributed by atoms with E-state index >= 15 is 0 Å². The van der Waals surface area contributed by atoms with E-state index in [1.54, 1.807) is 11.3 Å². The first-order chi connectivity index (χ1) is 12.0. The van der Waals surface area contributed by atoms with E-state index in [0.29, 0.717) is 5.56 Å². The van der Waals surface area contributed by atoms with E-state index in [0.717, 1.165) is 23.5 Å². The Balaban J connectivity index is 1.63. The number of esters is 1. The molecule has 0 aliphatic heterocycles. The van der Waals surface area contributed by atoms with Gasteiger partial charge in [0.25, 0.3) is 0 Å². The normalized spacial score (nSPS) is 10.8. The molecule has 0 amide bonds. The Bertz CT molecular complexity index is 861. The quantitative estimate of drug-likeness (QED) is 0.460. The van der Waals surface area contributed by atoms with Gasteiger partial charge in [-0.05, 0) is 53.8 Å². The fourth-order valence-corrected chi connectivity index (χ4v) is 4.08. The average Bonchev–Trinajstić information content (AvgIpc) is 3.32. The van der Waals surface area contributed by atoms with Crippen molar-refractivity contribution in [3.8, 4) is 0 Å². The first-order valence-electron chi connectivity index (χ1n) is 7.93. The van der Waals surface area contributed by atoms with Gasteiger partial charge in [-0.15, -0.1) is 11.3 Å². The molecule has 3 heterocycles. The number of aryl methyl sites for hydroxylation is 1. The van der Waals surface area contributed by atoms with Gasteiger partial charge in [0.05, 0.1) is 13.0 Å². The minimum absolute atomic E-state index is 0.163. The molecule has 0 spiro atoms. The van der Waals surface area contributed by atoms with E-state index < -0.39 is 0 Å². The third-order valence-corrected chi connectivity index (χ3v) is 5.65. The van der Waals surface area contributed by atoms with E-state index in [2.05, 4.69) is 10.6 Å². The zero-order valence-electron chi connectivity index (χ0n) is 14.2. The van der Waals surface area contributed by atoms with Crippen LogP contribution in [0.3, 0.4) is 0 Å². The molecule has 0 fully saturated rings. The number of carbonyl (C=O) groups excluding carboxylic acids is 2. The van der Waals surface area contributed by atoms with Gasteiger partial charge in [0, 0.05) is 21.8 Å². The smallest absolute Gasteiger partial charge is 0.310 e. The van der Waals surface area contributed by atoms with Crippen molar-refractivity contribution < 1.29 is 14.3 Å². The summed E-state index contributed by atoms with van der Waals surface area (Å²) in [5, 5.41) is 5.86. The van der Waals surface area contributed by atoms with Crippen molar-refractivity contribution in [2.75, 3.05) is 6.61 Å². The largest absolute Gasteiger partial charge is 0.457 e. The first kappa shape index (κ1) is 17.6. The molecule has 0 saturated heterocycles. The topological polar surface area (TPSA) is 48.3 Å². The summed E-state index contributed by atoms with van der Waals surface area (Å²) in [6.07, 6.45) is 0.203. The summed E-state index contributed by atoms with van der Waals surface area (Å²) in [5.74, 6) is -0.539. The Kier molecular flexibility index (Phi) is 5.50. The lowest BCUT2D eigenvalue weighted by Gasteiger charge is -2.08. The molecule has 0 saturated carbocycles. The summed E-state index contributed by atoms with van der Waals surface area (Å²) in [5.41, 5.74) is 3.47. The van der Waals surface area contributed by atoms with Gasteiger partial charge < -0.3 is 9.30 Å². The second-order valence-corrected chi connectivity index (χ2v) is 7.65. The molecule has 3 aromatic heterocycles. The molecule has 3 aromatic rings. The highest BCUT2D eigenvalue weighted by atomic mass is 32.1. The van der Waals surface area contributed by atoms with Crippen molar-refractivity contribution in [3.05, 3.63) is 67.8 Å². The molecule has 130 valence electrons. The fraction of sp³-hybridized carbons (Fsp3) is 0.263. The number of nitrogens with zero attached hydrogens (tertiary/aromatic N) is 1. The van der Waals surface area contributed by atoms with E-state index in [1.165, 1.54) is 16.2 Å². The lowest BCUT2D eigenvalue weighted by molar-refractivity contribution is -0.141. The number of rotatable bonds is 7. The predicted molar refractivity (Wildman–Crippen MR) is 101 cm³/mol. The lowest BCUT2D eigenvalue weighted by Crippen LogP contribution is -2.16. The number of thiophene rings is 2. The number of carbonyl (C=O) groups is 2. The molecular weight excluding hydrogens is 354 g/mol. The van der Waals surface area contributed by atoms with Gasteiger partial charge in [0.15, 0.2) is 6.61 Å². The molecule has 0 N–H and O–H groups in total. The Morgan fingerprint density at radius 2 is 2.04 bits per heavy atom. The summed E-state index contributed by atoms with van der Waals surface area (Å²) in [7, 11) is 0. The molecule has 3 rings (SSSR count). The van der Waals surface area contributed by atoms with Crippen molar-refractivity contribution in [1.82, 2.24) is 4.57 Å². The van der Waals surface area contributed by atoms with Crippen molar-refractivity contribution >= 4 is 34.4 Å². The molecular formula is C19H19NO3S2. The summed E-state index contributed by atoms with van der Waals surface area (Å²) in [4.78, 5) is 25.5. The zero-order valence-corrected chi connectivity index (χ0v) is 15.8. The van der Waals surface area contributed by atoms with Crippen LogP contribution in [-0.2, 0) is 22.5 Å². The predicted octanol–water partition coefficient (Wildman–Crippen LogP) is 4.24. The van der Waals surface area contributed by atoms with Crippen LogP contribution in [0.25, 0.3) is 0 Å². The number of Topliss-reactive ketones (excluding diaryl/α,β-unsaturated/α-hetero) is 1. The summed E-state index contributed by atoms with van der Waals surface area (Å²) in [6.45, 7) is 4.45. The van der Waals surface area contributed by atoms with Gasteiger partial charge >= 0.3 is 5.97 Å². The molecule has 0 atom stereocenters. The maximum absolute atomic E-state index is 12.5. The van der Waals surface area contributed by atoms with Crippen LogP contribution >= 0.6 is 22.7 Å². The second-order valence-electron chi connectivity index (χ2n) is 5.84. The van der Waals surface area contributed by atoms with E-state index in [9.17, 15) is 9.59 Å². The van der Waals surface area contributed by atoms with Crippen LogP contribution in [0.15, 0.2) is 40.4 Å². The molecule has 0 aromatic carbocycles. The monoisotopic (exact) mass is 373 g/mol. The number of ether oxygens (including phenoxy) is 1. The van der Waals surface area contributed by atoms with Gasteiger partial charge in [-0.1, -0.05) is 6.07 Å². The Morgan fingerprint density at radius 3 is 2.72 bits per heavy atom. The standard InChI is InChI=1S/C19H19NO3S2/c1-13-8-17(14(2)20(13)10-16-4-3-6-25-16)18(21)11-23-19(22)9-15-5-7-24-12-15/h3-8,12H,9-11H2,1-2H3.